The van der Waals surface area contributed by atoms with E-state index in [-0.39, 0.29) is 18.4 Å². The maximum atomic E-state index is 11.9. The van der Waals surface area contributed by atoms with Gasteiger partial charge in [-0.05, 0) is 24.5 Å². The molecule has 0 bridgehead atoms. The zero-order valence-corrected chi connectivity index (χ0v) is 13.6. The summed E-state index contributed by atoms with van der Waals surface area (Å²) >= 11 is 0. The number of rotatable bonds is 7. The number of H-pyrrole nitrogens is 1. The van der Waals surface area contributed by atoms with Gasteiger partial charge in [-0.2, -0.15) is 0 Å². The molecule has 22 heavy (non-hydrogen) atoms. The Labute approximate surface area is 137 Å². The van der Waals surface area contributed by atoms with Crippen molar-refractivity contribution >= 4 is 29.3 Å². The average Bonchev–Trinajstić information content (AvgIpc) is 2.90. The molecule has 0 fully saturated rings. The average molecular weight is 323 g/mol. The zero-order chi connectivity index (χ0) is 15.1. The van der Waals surface area contributed by atoms with Crippen LogP contribution < -0.4 is 5.73 Å². The highest BCUT2D eigenvalue weighted by Crippen LogP contribution is 2.18. The number of nitrogens with two attached hydrogens (primary N) is 1. The Hall–Kier alpha value is -1.78. The lowest BCUT2D eigenvalue weighted by molar-refractivity contribution is -0.145. The Morgan fingerprint density at radius 3 is 2.91 bits per heavy atom. The van der Waals surface area contributed by atoms with E-state index in [1.165, 1.54) is 0 Å². The minimum absolute atomic E-state index is 0. The number of fused-ring (bicyclic) bond motifs is 1. The molecule has 0 saturated carbocycles. The number of carbonyl (C=O) groups excluding carboxylic acids is 1. The zero-order valence-electron chi connectivity index (χ0n) is 12.7. The van der Waals surface area contributed by atoms with E-state index in [4.69, 9.17) is 10.5 Å². The number of para-hydroxylation sites is 1. The first-order valence-corrected chi connectivity index (χ1v) is 7.34. The molecule has 4 nitrogen and oxygen atoms in total. The normalized spacial score (nSPS) is 12.3. The SMILES string of the molecule is CC/C=C\CCOC(=O)C(N)Cc1c[nH]c2ccccc12.Cl. The second kappa shape index (κ2) is 9.28. The summed E-state index contributed by atoms with van der Waals surface area (Å²) in [5, 5.41) is 1.10. The molecule has 1 aromatic carbocycles. The molecule has 0 saturated heterocycles. The molecule has 1 unspecified atom stereocenters. The van der Waals surface area contributed by atoms with E-state index in [1.54, 1.807) is 0 Å². The predicted molar refractivity (Wildman–Crippen MR) is 92.2 cm³/mol. The van der Waals surface area contributed by atoms with E-state index in [9.17, 15) is 4.79 Å². The minimum Gasteiger partial charge on any atom is -0.464 e. The molecule has 1 aromatic heterocycles. The number of benzene rings is 1. The predicted octanol–water partition coefficient (Wildman–Crippen LogP) is 3.36. The maximum Gasteiger partial charge on any atom is 0.323 e. The fourth-order valence-electron chi connectivity index (χ4n) is 2.24. The quantitative estimate of drug-likeness (QED) is 0.466. The summed E-state index contributed by atoms with van der Waals surface area (Å²) in [5.41, 5.74) is 8.03. The van der Waals surface area contributed by atoms with Crippen LogP contribution in [-0.2, 0) is 16.0 Å². The lowest BCUT2D eigenvalue weighted by Crippen LogP contribution is -2.34. The number of esters is 1. The van der Waals surface area contributed by atoms with E-state index in [0.29, 0.717) is 13.0 Å². The number of aromatic amines is 1. The van der Waals surface area contributed by atoms with Crippen molar-refractivity contribution in [3.05, 3.63) is 48.2 Å². The molecule has 0 spiro atoms. The van der Waals surface area contributed by atoms with Gasteiger partial charge in [-0.1, -0.05) is 37.3 Å². The second-order valence-corrected chi connectivity index (χ2v) is 5.01. The second-order valence-electron chi connectivity index (χ2n) is 5.01. The van der Waals surface area contributed by atoms with Crippen molar-refractivity contribution < 1.29 is 9.53 Å². The van der Waals surface area contributed by atoms with Crippen LogP contribution in [0.4, 0.5) is 0 Å². The van der Waals surface area contributed by atoms with Crippen molar-refractivity contribution in [2.24, 2.45) is 5.73 Å². The summed E-state index contributed by atoms with van der Waals surface area (Å²) in [5.74, 6) is -0.342. The number of aromatic nitrogens is 1. The van der Waals surface area contributed by atoms with Crippen LogP contribution in [0.3, 0.4) is 0 Å². The Bertz CT molecular complexity index is 622. The van der Waals surface area contributed by atoms with Crippen molar-refractivity contribution in [3.63, 3.8) is 0 Å². The largest absolute Gasteiger partial charge is 0.464 e. The van der Waals surface area contributed by atoms with E-state index >= 15 is 0 Å². The molecule has 0 radical (unpaired) electrons. The van der Waals surface area contributed by atoms with Gasteiger partial charge in [0.05, 0.1) is 6.61 Å². The molecular formula is C17H23ClN2O2. The van der Waals surface area contributed by atoms with E-state index in [1.807, 2.05) is 36.5 Å². The van der Waals surface area contributed by atoms with Crippen LogP contribution in [0.5, 0.6) is 0 Å². The van der Waals surface area contributed by atoms with Crippen LogP contribution in [0.1, 0.15) is 25.3 Å². The molecule has 0 aliphatic rings. The number of hydrogen-bond acceptors (Lipinski definition) is 3. The first-order chi connectivity index (χ1) is 10.2. The van der Waals surface area contributed by atoms with Crippen LogP contribution in [0, 0.1) is 0 Å². The van der Waals surface area contributed by atoms with Crippen molar-refractivity contribution in [1.29, 1.82) is 0 Å². The van der Waals surface area contributed by atoms with Crippen LogP contribution in [0.15, 0.2) is 42.6 Å². The molecule has 2 aromatic rings. The van der Waals surface area contributed by atoms with Gasteiger partial charge in [-0.3, -0.25) is 4.79 Å². The fourth-order valence-corrected chi connectivity index (χ4v) is 2.24. The highest BCUT2D eigenvalue weighted by molar-refractivity contribution is 5.85. The summed E-state index contributed by atoms with van der Waals surface area (Å²) in [6.45, 7) is 2.45. The molecule has 0 aliphatic heterocycles. The highest BCUT2D eigenvalue weighted by Gasteiger charge is 2.17. The van der Waals surface area contributed by atoms with Crippen LogP contribution in [-0.4, -0.2) is 23.6 Å². The number of allylic oxidation sites excluding steroid dienone is 1. The van der Waals surface area contributed by atoms with E-state index in [2.05, 4.69) is 18.0 Å². The fraction of sp³-hybridized carbons (Fsp3) is 0.353. The Balaban J connectivity index is 0.00000242. The van der Waals surface area contributed by atoms with Crippen molar-refractivity contribution in [2.75, 3.05) is 6.61 Å². The van der Waals surface area contributed by atoms with Crippen molar-refractivity contribution in [2.45, 2.75) is 32.2 Å². The van der Waals surface area contributed by atoms with Gasteiger partial charge in [-0.25, -0.2) is 0 Å². The Morgan fingerprint density at radius 1 is 1.36 bits per heavy atom. The molecule has 5 heteroatoms. The first kappa shape index (κ1) is 18.3. The summed E-state index contributed by atoms with van der Waals surface area (Å²) in [4.78, 5) is 15.0. The molecular weight excluding hydrogens is 300 g/mol. The van der Waals surface area contributed by atoms with Crippen LogP contribution >= 0.6 is 12.4 Å². The van der Waals surface area contributed by atoms with Crippen molar-refractivity contribution in [1.82, 2.24) is 4.98 Å². The van der Waals surface area contributed by atoms with Gasteiger partial charge >= 0.3 is 5.97 Å². The lowest BCUT2D eigenvalue weighted by Gasteiger charge is -2.10. The topological polar surface area (TPSA) is 68.1 Å². The monoisotopic (exact) mass is 322 g/mol. The van der Waals surface area contributed by atoms with Gasteiger partial charge in [0.1, 0.15) is 6.04 Å². The number of hydrogen-bond donors (Lipinski definition) is 2. The van der Waals surface area contributed by atoms with E-state index in [0.717, 1.165) is 29.3 Å². The molecule has 0 amide bonds. The van der Waals surface area contributed by atoms with Gasteiger partial charge in [0.2, 0.25) is 0 Å². The van der Waals surface area contributed by atoms with E-state index < -0.39 is 6.04 Å². The molecule has 120 valence electrons. The summed E-state index contributed by atoms with van der Waals surface area (Å²) in [7, 11) is 0. The third kappa shape index (κ3) is 4.90. The smallest absolute Gasteiger partial charge is 0.323 e. The number of ether oxygens (including phenoxy) is 1. The number of carbonyl (C=O) groups is 1. The molecule has 2 rings (SSSR count). The minimum atomic E-state index is -0.626. The summed E-state index contributed by atoms with van der Waals surface area (Å²) in [6.07, 6.45) is 8.18. The molecule has 0 aliphatic carbocycles. The molecule has 1 heterocycles. The van der Waals surface area contributed by atoms with Gasteiger partial charge in [-0.15, -0.1) is 12.4 Å². The highest BCUT2D eigenvalue weighted by atomic mass is 35.5. The Kier molecular flexibility index (Phi) is 7.71. The first-order valence-electron chi connectivity index (χ1n) is 7.34. The third-order valence-electron chi connectivity index (χ3n) is 3.35. The van der Waals surface area contributed by atoms with Gasteiger partial charge in [0.25, 0.3) is 0 Å². The summed E-state index contributed by atoms with van der Waals surface area (Å²) in [6, 6.07) is 7.35. The lowest BCUT2D eigenvalue weighted by atomic mass is 10.1. The van der Waals surface area contributed by atoms with Gasteiger partial charge in [0, 0.05) is 23.5 Å². The van der Waals surface area contributed by atoms with Gasteiger partial charge in [0.15, 0.2) is 0 Å². The number of halogens is 1. The Morgan fingerprint density at radius 2 is 2.14 bits per heavy atom. The third-order valence-corrected chi connectivity index (χ3v) is 3.35. The summed E-state index contributed by atoms with van der Waals surface area (Å²) < 4.78 is 5.19. The standard InChI is InChI=1S/C17H22N2O2.ClH/c1-2-3-4-7-10-21-17(20)15(18)11-13-12-19-16-9-6-5-8-14(13)16;/h3-6,8-9,12,15,19H,2,7,10-11,18H2,1H3;1H/b4-3-;. The van der Waals surface area contributed by atoms with Crippen LogP contribution in [0.2, 0.25) is 0 Å². The van der Waals surface area contributed by atoms with Crippen molar-refractivity contribution in [3.8, 4) is 0 Å². The van der Waals surface area contributed by atoms with Gasteiger partial charge < -0.3 is 15.5 Å². The molecule has 1 atom stereocenters. The molecule has 3 N–H and O–H groups in total. The maximum absolute atomic E-state index is 11.9. The number of nitrogens with one attached hydrogen (secondary N) is 1. The van der Waals surface area contributed by atoms with Crippen LogP contribution in [0.25, 0.3) is 10.9 Å².